The quantitative estimate of drug-likeness (QED) is 0.611. The van der Waals surface area contributed by atoms with Gasteiger partial charge in [0.1, 0.15) is 12.1 Å². The van der Waals surface area contributed by atoms with Gasteiger partial charge in [-0.2, -0.15) is 0 Å². The number of rotatable bonds is 7. The second-order valence-corrected chi connectivity index (χ2v) is 10.3. The van der Waals surface area contributed by atoms with Crippen molar-refractivity contribution in [3.8, 4) is 11.1 Å². The molecule has 2 aliphatic heterocycles. The van der Waals surface area contributed by atoms with Gasteiger partial charge in [-0.25, -0.2) is 9.59 Å². The Labute approximate surface area is 205 Å². The molecule has 1 aliphatic carbocycles. The molecule has 35 heavy (non-hydrogen) atoms. The van der Waals surface area contributed by atoms with Crippen LogP contribution in [0.5, 0.6) is 0 Å². The third kappa shape index (κ3) is 3.68. The summed E-state index contributed by atoms with van der Waals surface area (Å²) in [6.07, 6.45) is 2.34. The van der Waals surface area contributed by atoms with Crippen molar-refractivity contribution in [2.75, 3.05) is 13.2 Å². The minimum atomic E-state index is -1.10. The number of hydrogen-bond donors (Lipinski definition) is 2. The predicted octanol–water partition coefficient (Wildman–Crippen LogP) is 4.55. The van der Waals surface area contributed by atoms with Crippen molar-refractivity contribution in [3.05, 3.63) is 59.7 Å². The summed E-state index contributed by atoms with van der Waals surface area (Å²) >= 11 is 0. The number of alkyl carbamates (subject to hydrolysis) is 1. The van der Waals surface area contributed by atoms with Gasteiger partial charge in [-0.15, -0.1) is 0 Å². The van der Waals surface area contributed by atoms with Gasteiger partial charge in [-0.05, 0) is 61.3 Å². The van der Waals surface area contributed by atoms with Gasteiger partial charge in [-0.1, -0.05) is 55.5 Å². The monoisotopic (exact) mass is 476 g/mol. The van der Waals surface area contributed by atoms with Crippen molar-refractivity contribution in [2.45, 2.75) is 63.5 Å². The van der Waals surface area contributed by atoms with Gasteiger partial charge >= 0.3 is 12.1 Å². The summed E-state index contributed by atoms with van der Waals surface area (Å²) in [5.41, 5.74) is 2.60. The molecule has 1 atom stereocenters. The first-order valence-corrected chi connectivity index (χ1v) is 12.5. The number of benzene rings is 2. The number of fused-ring (bicyclic) bond motifs is 5. The van der Waals surface area contributed by atoms with Crippen LogP contribution in [-0.4, -0.2) is 52.7 Å². The molecule has 0 saturated carbocycles. The Morgan fingerprint density at radius 3 is 2.17 bits per heavy atom. The number of nitrogens with zero attached hydrogens (tertiary/aromatic N) is 1. The van der Waals surface area contributed by atoms with Crippen molar-refractivity contribution in [1.82, 2.24) is 10.2 Å². The average molecular weight is 477 g/mol. The maximum Gasteiger partial charge on any atom is 0.407 e. The molecule has 2 aromatic rings. The Bertz CT molecular complexity index is 1120. The Hall–Kier alpha value is -3.35. The van der Waals surface area contributed by atoms with Crippen LogP contribution < -0.4 is 5.32 Å². The van der Waals surface area contributed by atoms with E-state index in [9.17, 15) is 19.5 Å². The fourth-order valence-electron chi connectivity index (χ4n) is 6.17. The van der Waals surface area contributed by atoms with Crippen LogP contribution in [0.4, 0.5) is 4.79 Å². The zero-order valence-corrected chi connectivity index (χ0v) is 20.3. The van der Waals surface area contributed by atoms with E-state index in [-0.39, 0.29) is 31.0 Å². The molecule has 2 fully saturated rings. The number of nitrogens with one attached hydrogen (secondary N) is 1. The molecule has 1 unspecified atom stereocenters. The molecule has 2 saturated heterocycles. The van der Waals surface area contributed by atoms with E-state index in [0.29, 0.717) is 19.3 Å². The molecular weight excluding hydrogens is 444 g/mol. The molecule has 0 radical (unpaired) electrons. The van der Waals surface area contributed by atoms with Crippen LogP contribution in [0, 0.1) is 5.41 Å². The number of hydrogen-bond acceptors (Lipinski definition) is 4. The van der Waals surface area contributed by atoms with Crippen LogP contribution in [0.2, 0.25) is 0 Å². The lowest BCUT2D eigenvalue weighted by Crippen LogP contribution is -2.57. The number of carboxylic acids is 1. The lowest BCUT2D eigenvalue weighted by molar-refractivity contribution is -0.159. The van der Waals surface area contributed by atoms with E-state index in [1.165, 1.54) is 0 Å². The van der Waals surface area contributed by atoms with Crippen LogP contribution in [0.25, 0.3) is 11.1 Å². The summed E-state index contributed by atoms with van der Waals surface area (Å²) in [7, 11) is 0. The molecule has 7 nitrogen and oxygen atoms in total. The largest absolute Gasteiger partial charge is 0.479 e. The third-order valence-corrected chi connectivity index (χ3v) is 8.49. The minimum Gasteiger partial charge on any atom is -0.479 e. The molecule has 2 amide bonds. The number of ether oxygens (including phenoxy) is 1. The highest BCUT2D eigenvalue weighted by Crippen LogP contribution is 2.49. The number of amides is 2. The second-order valence-electron chi connectivity index (χ2n) is 10.3. The summed E-state index contributed by atoms with van der Waals surface area (Å²) in [6.45, 7) is 3.99. The smallest absolute Gasteiger partial charge is 0.407 e. The molecular formula is C28H32N2O5. The lowest BCUT2D eigenvalue weighted by Gasteiger charge is -2.38. The molecule has 3 aliphatic rings. The van der Waals surface area contributed by atoms with Crippen LogP contribution in [-0.2, 0) is 14.3 Å². The van der Waals surface area contributed by atoms with Gasteiger partial charge in [0.2, 0.25) is 5.91 Å². The first kappa shape index (κ1) is 23.4. The zero-order chi connectivity index (χ0) is 24.8. The SMILES string of the molecule is CCC(C)(CNC(=O)OCC1c2ccccc2-c2ccccc21)C(=O)N1C2CCC1(C(=O)O)CC2. The van der Waals surface area contributed by atoms with Crippen LogP contribution in [0.3, 0.4) is 0 Å². The number of carboxylic acid groups (broad SMARTS) is 1. The first-order chi connectivity index (χ1) is 16.8. The molecule has 2 aromatic carbocycles. The van der Waals surface area contributed by atoms with E-state index in [4.69, 9.17) is 4.74 Å². The fraction of sp³-hybridized carbons (Fsp3) is 0.464. The maximum absolute atomic E-state index is 13.6. The van der Waals surface area contributed by atoms with Crippen LogP contribution >= 0.6 is 0 Å². The van der Waals surface area contributed by atoms with E-state index >= 15 is 0 Å². The Balaban J connectivity index is 1.24. The summed E-state index contributed by atoms with van der Waals surface area (Å²) in [5.74, 6) is -1.15. The standard InChI is InChI=1S/C28H32N2O5/c1-3-27(2,24(31)30-18-12-14-28(30,15-13-18)25(32)33)17-29-26(34)35-16-23-21-10-6-4-8-19(21)20-9-5-7-11-22(20)23/h4-11,18,23H,3,12-17H2,1-2H3,(H,29,34)(H,32,33). The highest BCUT2D eigenvalue weighted by atomic mass is 16.5. The summed E-state index contributed by atoms with van der Waals surface area (Å²) < 4.78 is 5.63. The van der Waals surface area contributed by atoms with Gasteiger partial charge < -0.3 is 20.1 Å². The Kier molecular flexibility index (Phi) is 5.82. The molecule has 2 bridgehead atoms. The molecule has 0 aromatic heterocycles. The van der Waals surface area contributed by atoms with Crippen LogP contribution in [0.15, 0.2) is 48.5 Å². The highest BCUT2D eigenvalue weighted by molar-refractivity contribution is 5.92. The molecule has 5 rings (SSSR count). The Morgan fingerprint density at radius 2 is 1.63 bits per heavy atom. The van der Waals surface area contributed by atoms with Gasteiger partial charge in [0, 0.05) is 18.5 Å². The van der Waals surface area contributed by atoms with E-state index in [1.54, 1.807) is 11.8 Å². The van der Waals surface area contributed by atoms with Crippen LogP contribution in [0.1, 0.15) is 63.0 Å². The molecule has 2 heterocycles. The first-order valence-electron chi connectivity index (χ1n) is 12.5. The summed E-state index contributed by atoms with van der Waals surface area (Å²) in [6, 6.07) is 16.3. The topological polar surface area (TPSA) is 95.9 Å². The summed E-state index contributed by atoms with van der Waals surface area (Å²) in [5, 5.41) is 12.7. The highest BCUT2D eigenvalue weighted by Gasteiger charge is 2.60. The Morgan fingerprint density at radius 1 is 1.06 bits per heavy atom. The van der Waals surface area contributed by atoms with Gasteiger partial charge in [-0.3, -0.25) is 4.79 Å². The number of aliphatic carboxylic acids is 1. The normalized spacial score (nSPS) is 23.9. The minimum absolute atomic E-state index is 0.0288. The lowest BCUT2D eigenvalue weighted by atomic mass is 9.83. The van der Waals surface area contributed by atoms with Gasteiger partial charge in [0.05, 0.1) is 5.41 Å². The van der Waals surface area contributed by atoms with E-state index in [1.807, 2.05) is 31.2 Å². The second kappa shape index (κ2) is 8.70. The van der Waals surface area contributed by atoms with Crippen molar-refractivity contribution in [3.63, 3.8) is 0 Å². The molecule has 7 heteroatoms. The van der Waals surface area contributed by atoms with Crippen molar-refractivity contribution < 1.29 is 24.2 Å². The molecule has 0 spiro atoms. The van der Waals surface area contributed by atoms with Gasteiger partial charge in [0.15, 0.2) is 0 Å². The zero-order valence-electron chi connectivity index (χ0n) is 20.3. The fourth-order valence-corrected chi connectivity index (χ4v) is 6.17. The van der Waals surface area contributed by atoms with Crippen molar-refractivity contribution in [2.24, 2.45) is 5.41 Å². The van der Waals surface area contributed by atoms with E-state index in [0.717, 1.165) is 35.1 Å². The van der Waals surface area contributed by atoms with E-state index in [2.05, 4.69) is 29.6 Å². The number of carbonyl (C=O) groups excluding carboxylic acids is 2. The average Bonchev–Trinajstić information content (AvgIpc) is 3.54. The molecule has 2 N–H and O–H groups in total. The van der Waals surface area contributed by atoms with Crippen molar-refractivity contribution >= 4 is 18.0 Å². The third-order valence-electron chi connectivity index (χ3n) is 8.49. The van der Waals surface area contributed by atoms with E-state index < -0.39 is 23.0 Å². The predicted molar refractivity (Wildman–Crippen MR) is 131 cm³/mol. The maximum atomic E-state index is 13.6. The number of carbonyl (C=O) groups is 3. The summed E-state index contributed by atoms with van der Waals surface area (Å²) in [4.78, 5) is 40.0. The van der Waals surface area contributed by atoms with Crippen molar-refractivity contribution in [1.29, 1.82) is 0 Å². The molecule has 184 valence electrons. The van der Waals surface area contributed by atoms with Gasteiger partial charge in [0.25, 0.3) is 0 Å².